The minimum absolute atomic E-state index is 0.372. The zero-order chi connectivity index (χ0) is 12.6. The molecule has 0 bridgehead atoms. The third-order valence-electron chi connectivity index (χ3n) is 3.09. The zero-order valence-corrected chi connectivity index (χ0v) is 12.4. The van der Waals surface area contributed by atoms with Gasteiger partial charge >= 0.3 is 0 Å². The van der Waals surface area contributed by atoms with E-state index in [1.54, 1.807) is 10.4 Å². The van der Waals surface area contributed by atoms with Crippen molar-refractivity contribution in [1.29, 1.82) is 0 Å². The van der Waals surface area contributed by atoms with Gasteiger partial charge in [0.05, 0.1) is 4.90 Å². The molecule has 3 nitrogen and oxygen atoms in total. The van der Waals surface area contributed by atoms with E-state index in [2.05, 4.69) is 22.9 Å². The molecule has 0 aromatic heterocycles. The summed E-state index contributed by atoms with van der Waals surface area (Å²) in [6.45, 7) is 5.28. The number of halogens is 1. The molecule has 1 atom stereocenters. The number of sulfonamides is 1. The first-order chi connectivity index (χ1) is 7.91. The molecule has 0 spiro atoms. The number of aryl methyl sites for hydroxylation is 1. The summed E-state index contributed by atoms with van der Waals surface area (Å²) >= 11 is 3.34. The molecular weight excluding hydrogens is 302 g/mol. The molecule has 1 fully saturated rings. The second-order valence-corrected chi connectivity index (χ2v) is 7.45. The molecule has 0 saturated carbocycles. The Morgan fingerprint density at radius 1 is 1.41 bits per heavy atom. The van der Waals surface area contributed by atoms with E-state index >= 15 is 0 Å². The van der Waals surface area contributed by atoms with Crippen molar-refractivity contribution in [3.63, 3.8) is 0 Å². The van der Waals surface area contributed by atoms with E-state index in [0.29, 0.717) is 28.4 Å². The summed E-state index contributed by atoms with van der Waals surface area (Å²) in [6, 6.07) is 5.35. The normalized spacial score (nSPS) is 21.9. The average Bonchev–Trinajstić information content (AvgIpc) is 2.64. The van der Waals surface area contributed by atoms with Crippen LogP contribution in [0.3, 0.4) is 0 Å². The van der Waals surface area contributed by atoms with Gasteiger partial charge in [-0.3, -0.25) is 0 Å². The number of benzene rings is 1. The van der Waals surface area contributed by atoms with Crippen LogP contribution in [0.4, 0.5) is 0 Å². The van der Waals surface area contributed by atoms with Crippen molar-refractivity contribution in [3.05, 3.63) is 28.2 Å². The molecule has 0 N–H and O–H groups in total. The quantitative estimate of drug-likeness (QED) is 0.841. The van der Waals surface area contributed by atoms with Crippen molar-refractivity contribution in [3.8, 4) is 0 Å². The van der Waals surface area contributed by atoms with Crippen LogP contribution >= 0.6 is 15.9 Å². The largest absolute Gasteiger partial charge is 0.244 e. The number of hydrogen-bond acceptors (Lipinski definition) is 2. The Morgan fingerprint density at radius 2 is 2.12 bits per heavy atom. The first-order valence-corrected chi connectivity index (χ1v) is 7.91. The SMILES string of the molecule is Cc1ccc(S(=O)(=O)N2CCC(C)C2)c(Br)c1. The van der Waals surface area contributed by atoms with Crippen LogP contribution in [-0.2, 0) is 10.0 Å². The van der Waals surface area contributed by atoms with Crippen LogP contribution in [0.15, 0.2) is 27.6 Å². The molecule has 1 saturated heterocycles. The van der Waals surface area contributed by atoms with Gasteiger partial charge in [0.25, 0.3) is 0 Å². The van der Waals surface area contributed by atoms with Gasteiger partial charge < -0.3 is 0 Å². The lowest BCUT2D eigenvalue weighted by Crippen LogP contribution is -2.28. The van der Waals surface area contributed by atoms with Gasteiger partial charge in [-0.1, -0.05) is 13.0 Å². The molecule has 1 aliphatic rings. The van der Waals surface area contributed by atoms with Gasteiger partial charge in [-0.05, 0) is 52.9 Å². The topological polar surface area (TPSA) is 37.4 Å². The van der Waals surface area contributed by atoms with Crippen LogP contribution in [0.5, 0.6) is 0 Å². The van der Waals surface area contributed by atoms with E-state index in [4.69, 9.17) is 0 Å². The van der Waals surface area contributed by atoms with Crippen molar-refractivity contribution in [1.82, 2.24) is 4.31 Å². The zero-order valence-electron chi connectivity index (χ0n) is 9.98. The molecule has 1 aromatic carbocycles. The fourth-order valence-electron chi connectivity index (χ4n) is 2.07. The Bertz CT molecular complexity index is 527. The Kier molecular flexibility index (Phi) is 3.61. The predicted octanol–water partition coefficient (Wildman–Crippen LogP) is 2.79. The summed E-state index contributed by atoms with van der Waals surface area (Å²) in [5.74, 6) is 0.453. The van der Waals surface area contributed by atoms with Crippen molar-refractivity contribution >= 4 is 26.0 Å². The highest BCUT2D eigenvalue weighted by Crippen LogP contribution is 2.29. The second kappa shape index (κ2) is 4.71. The lowest BCUT2D eigenvalue weighted by molar-refractivity contribution is 0.464. The lowest BCUT2D eigenvalue weighted by Gasteiger charge is -2.17. The molecule has 5 heteroatoms. The Hall–Kier alpha value is -0.390. The Labute approximate surface area is 111 Å². The van der Waals surface area contributed by atoms with E-state index in [0.717, 1.165) is 12.0 Å². The highest BCUT2D eigenvalue weighted by atomic mass is 79.9. The number of rotatable bonds is 2. The number of hydrogen-bond donors (Lipinski definition) is 0. The molecule has 1 unspecified atom stereocenters. The molecule has 0 radical (unpaired) electrons. The first-order valence-electron chi connectivity index (χ1n) is 5.67. The third-order valence-corrected chi connectivity index (χ3v) is 5.93. The van der Waals surface area contributed by atoms with E-state index in [9.17, 15) is 8.42 Å². The van der Waals surface area contributed by atoms with Gasteiger partial charge in [0.1, 0.15) is 0 Å². The Balaban J connectivity index is 2.38. The van der Waals surface area contributed by atoms with Crippen molar-refractivity contribution in [2.75, 3.05) is 13.1 Å². The summed E-state index contributed by atoms with van der Waals surface area (Å²) in [6.07, 6.45) is 0.947. The van der Waals surface area contributed by atoms with Crippen LogP contribution in [0, 0.1) is 12.8 Å². The molecule has 1 heterocycles. The lowest BCUT2D eigenvalue weighted by atomic mass is 10.2. The highest BCUT2D eigenvalue weighted by molar-refractivity contribution is 9.10. The van der Waals surface area contributed by atoms with Gasteiger partial charge in [-0.2, -0.15) is 4.31 Å². The van der Waals surface area contributed by atoms with Crippen molar-refractivity contribution < 1.29 is 8.42 Å². The Morgan fingerprint density at radius 3 is 2.65 bits per heavy atom. The standard InChI is InChI=1S/C12H16BrNO2S/c1-9-3-4-12(11(13)7-9)17(15,16)14-6-5-10(2)8-14/h3-4,7,10H,5-6,8H2,1-2H3. The monoisotopic (exact) mass is 317 g/mol. The van der Waals surface area contributed by atoms with Crippen LogP contribution in [0.1, 0.15) is 18.9 Å². The van der Waals surface area contributed by atoms with Gasteiger partial charge in [-0.25, -0.2) is 8.42 Å². The van der Waals surface area contributed by atoms with Crippen molar-refractivity contribution in [2.45, 2.75) is 25.2 Å². The second-order valence-electron chi connectivity index (χ2n) is 4.69. The molecule has 0 aliphatic carbocycles. The first kappa shape index (κ1) is 13.1. The van der Waals surface area contributed by atoms with E-state index < -0.39 is 10.0 Å². The molecule has 17 heavy (non-hydrogen) atoms. The summed E-state index contributed by atoms with van der Waals surface area (Å²) < 4.78 is 27.0. The van der Waals surface area contributed by atoms with Crippen LogP contribution in [0.25, 0.3) is 0 Å². The summed E-state index contributed by atoms with van der Waals surface area (Å²) in [5.41, 5.74) is 1.05. The van der Waals surface area contributed by atoms with Crippen molar-refractivity contribution in [2.24, 2.45) is 5.92 Å². The van der Waals surface area contributed by atoms with Crippen LogP contribution in [-0.4, -0.2) is 25.8 Å². The molecular formula is C12H16BrNO2S. The van der Waals surface area contributed by atoms with Crippen LogP contribution in [0.2, 0.25) is 0 Å². The van der Waals surface area contributed by atoms with E-state index in [-0.39, 0.29) is 0 Å². The fourth-order valence-corrected chi connectivity index (χ4v) is 4.79. The number of nitrogens with zero attached hydrogens (tertiary/aromatic N) is 1. The third kappa shape index (κ3) is 2.56. The van der Waals surface area contributed by atoms with Gasteiger partial charge in [0, 0.05) is 17.6 Å². The summed E-state index contributed by atoms with van der Waals surface area (Å²) in [4.78, 5) is 0.372. The summed E-state index contributed by atoms with van der Waals surface area (Å²) in [5, 5.41) is 0. The van der Waals surface area contributed by atoms with E-state index in [1.165, 1.54) is 0 Å². The van der Waals surface area contributed by atoms with E-state index in [1.807, 2.05) is 19.1 Å². The smallest absolute Gasteiger partial charge is 0.207 e. The molecule has 1 aromatic rings. The maximum atomic E-state index is 12.4. The molecule has 2 rings (SSSR count). The maximum Gasteiger partial charge on any atom is 0.244 e. The maximum absolute atomic E-state index is 12.4. The van der Waals surface area contributed by atoms with Crippen LogP contribution < -0.4 is 0 Å². The summed E-state index contributed by atoms with van der Waals surface area (Å²) in [7, 11) is -3.33. The fraction of sp³-hybridized carbons (Fsp3) is 0.500. The minimum atomic E-state index is -3.33. The highest BCUT2D eigenvalue weighted by Gasteiger charge is 2.31. The molecule has 94 valence electrons. The van der Waals surface area contributed by atoms with Gasteiger partial charge in [-0.15, -0.1) is 0 Å². The minimum Gasteiger partial charge on any atom is -0.207 e. The van der Waals surface area contributed by atoms with Gasteiger partial charge in [0.15, 0.2) is 0 Å². The molecule has 0 amide bonds. The molecule has 1 aliphatic heterocycles. The predicted molar refractivity (Wildman–Crippen MR) is 71.4 cm³/mol. The van der Waals surface area contributed by atoms with Gasteiger partial charge in [0.2, 0.25) is 10.0 Å². The average molecular weight is 318 g/mol.